The highest BCUT2D eigenvalue weighted by Gasteiger charge is 2.38. The van der Waals surface area contributed by atoms with Crippen molar-refractivity contribution >= 4 is 78.1 Å². The molecule has 3 fully saturated rings. The number of imidazole rings is 3. The van der Waals surface area contributed by atoms with Gasteiger partial charge in [0.15, 0.2) is 0 Å². The van der Waals surface area contributed by atoms with Crippen LogP contribution < -0.4 is 0 Å². The van der Waals surface area contributed by atoms with Gasteiger partial charge < -0.3 is 29.2 Å². The van der Waals surface area contributed by atoms with Crippen LogP contribution in [-0.4, -0.2) is 99.3 Å². The van der Waals surface area contributed by atoms with Crippen molar-refractivity contribution < 1.29 is 37.4 Å². The number of carbonyl (C=O) groups is 3. The lowest BCUT2D eigenvalue weighted by Crippen LogP contribution is -2.36. The Balaban J connectivity index is 0.000000221. The minimum absolute atomic E-state index is 0.168. The van der Waals surface area contributed by atoms with Crippen LogP contribution in [0.25, 0.3) is 55.0 Å². The summed E-state index contributed by atoms with van der Waals surface area (Å²) in [5, 5.41) is 1.85. The van der Waals surface area contributed by atoms with Crippen molar-refractivity contribution in [3.8, 4) is 11.1 Å². The van der Waals surface area contributed by atoms with Crippen LogP contribution in [-0.2, 0) is 14.2 Å². The highest BCUT2D eigenvalue weighted by molar-refractivity contribution is 9.10. The van der Waals surface area contributed by atoms with Crippen molar-refractivity contribution in [1.29, 1.82) is 0 Å². The number of aromatic nitrogens is 6. The molecule has 3 atom stereocenters. The van der Waals surface area contributed by atoms with Gasteiger partial charge in [0.2, 0.25) is 0 Å². The predicted molar refractivity (Wildman–Crippen MR) is 267 cm³/mol. The quantitative estimate of drug-likeness (QED) is 0.145. The highest BCUT2D eigenvalue weighted by Crippen LogP contribution is 2.38. The van der Waals surface area contributed by atoms with Gasteiger partial charge >= 0.3 is 18.3 Å². The van der Waals surface area contributed by atoms with Crippen LogP contribution in [0.5, 0.6) is 0 Å². The van der Waals surface area contributed by atoms with Crippen LogP contribution in [0.2, 0.25) is 0 Å². The Hall–Kier alpha value is -6.30. The number of amides is 3. The molecule has 4 aromatic carbocycles. The third kappa shape index (κ3) is 10.3. The van der Waals surface area contributed by atoms with Gasteiger partial charge in [-0.3, -0.25) is 14.7 Å². The van der Waals surface area contributed by atoms with Crippen LogP contribution in [0.15, 0.2) is 59.1 Å². The van der Waals surface area contributed by atoms with E-state index in [4.69, 9.17) is 24.2 Å². The number of benzene rings is 4. The molecule has 15 nitrogen and oxygen atoms in total. The molecule has 0 aliphatic carbocycles. The van der Waals surface area contributed by atoms with Gasteiger partial charge in [-0.25, -0.2) is 38.1 Å². The van der Waals surface area contributed by atoms with Crippen molar-refractivity contribution in [1.82, 2.24) is 44.6 Å². The smallest absolute Gasteiger partial charge is 0.410 e. The first kappa shape index (κ1) is 48.7. The molecule has 70 heavy (non-hydrogen) atoms. The summed E-state index contributed by atoms with van der Waals surface area (Å²) in [6, 6.07) is 15.5. The normalized spacial score (nSPS) is 18.9. The molecule has 3 aromatic heterocycles. The Bertz CT molecular complexity index is 3110. The summed E-state index contributed by atoms with van der Waals surface area (Å²) in [7, 11) is 0. The largest absolute Gasteiger partial charge is 0.444 e. The summed E-state index contributed by atoms with van der Waals surface area (Å²) in [6.45, 7) is 18.5. The van der Waals surface area contributed by atoms with Gasteiger partial charge in [-0.1, -0.05) is 18.2 Å². The lowest BCUT2D eigenvalue weighted by Gasteiger charge is -2.27. The second-order valence-corrected chi connectivity index (χ2v) is 22.2. The van der Waals surface area contributed by atoms with Gasteiger partial charge in [-0.15, -0.1) is 0 Å². The fourth-order valence-electron chi connectivity index (χ4n) is 9.53. The fourth-order valence-corrected chi connectivity index (χ4v) is 9.86. The molecule has 3 amide bonds. The molecule has 0 saturated carbocycles. The summed E-state index contributed by atoms with van der Waals surface area (Å²) in [4.78, 5) is 67.4. The van der Waals surface area contributed by atoms with Gasteiger partial charge in [-0.2, -0.15) is 0 Å². The zero-order chi connectivity index (χ0) is 50.0. The number of carbonyl (C=O) groups excluding carboxylic acids is 3. The second-order valence-electron chi connectivity index (χ2n) is 21.4. The number of rotatable bonds is 4. The van der Waals surface area contributed by atoms with E-state index in [9.17, 15) is 18.8 Å². The first-order valence-electron chi connectivity index (χ1n) is 23.9. The Kier molecular flexibility index (Phi) is 12.8. The Morgan fingerprint density at radius 2 is 1.01 bits per heavy atom. The van der Waals surface area contributed by atoms with Crippen molar-refractivity contribution in [2.45, 2.75) is 136 Å². The zero-order valence-corrected chi connectivity index (χ0v) is 42.6. The molecule has 3 saturated heterocycles. The number of ether oxygens (including phenoxy) is 3. The number of hydrogen-bond donors (Lipinski definition) is 3. The van der Waals surface area contributed by atoms with E-state index < -0.39 is 16.8 Å². The van der Waals surface area contributed by atoms with Gasteiger partial charge in [0, 0.05) is 42.7 Å². The topological polar surface area (TPSA) is 175 Å². The van der Waals surface area contributed by atoms with Crippen LogP contribution in [0, 0.1) is 11.6 Å². The molecule has 6 heterocycles. The van der Waals surface area contributed by atoms with Gasteiger partial charge in [0.1, 0.15) is 45.9 Å². The van der Waals surface area contributed by atoms with E-state index in [1.54, 1.807) is 26.8 Å². The van der Waals surface area contributed by atoms with Crippen LogP contribution >= 0.6 is 15.9 Å². The standard InChI is InChI=1S/C36H41FN6O4.C16H19BrFN3O2/c1-35(2,3)46-33(44)42-15-7-9-28(42)31-39-26-18-23(24(37)19-27(26)40-31)21-11-13-22-20(17-21)12-14-25-30(22)41-32(38-25)29-10-8-16-43(29)34(45)47-36(4,5)6;1-16(2,3)23-15(22)21-6-4-5-13(21)14-19-11-7-9(17)10(18)8-12(11)20-14/h11-14,17-19,28-29H,7-10,15-16H2,1-6H3,(H,38,41)(H,39,40);7-8,13H,4-6H2,1-3H3,(H,19,20)/t28-,29-;13-/m00/s1. The number of likely N-dealkylation sites (tertiary alicyclic amines) is 3. The van der Waals surface area contributed by atoms with Crippen LogP contribution in [0.3, 0.4) is 0 Å². The van der Waals surface area contributed by atoms with Gasteiger partial charge in [0.25, 0.3) is 0 Å². The molecule has 7 aromatic rings. The lowest BCUT2D eigenvalue weighted by molar-refractivity contribution is 0.0208. The molecule has 3 N–H and O–H groups in total. The Morgan fingerprint density at radius 1 is 0.571 bits per heavy atom. The van der Waals surface area contributed by atoms with Crippen LogP contribution in [0.4, 0.5) is 23.2 Å². The Labute approximate surface area is 413 Å². The molecule has 0 spiro atoms. The van der Waals surface area contributed by atoms with Crippen LogP contribution in [0.1, 0.15) is 136 Å². The predicted octanol–water partition coefficient (Wildman–Crippen LogP) is 13.1. The molecule has 3 aliphatic heterocycles. The number of nitrogens with one attached hydrogen (secondary N) is 3. The molecule has 3 aliphatic rings. The number of H-pyrrole nitrogens is 3. The van der Waals surface area contributed by atoms with Gasteiger partial charge in [-0.05, 0) is 152 Å². The van der Waals surface area contributed by atoms with E-state index in [0.717, 1.165) is 71.7 Å². The summed E-state index contributed by atoms with van der Waals surface area (Å²) in [6.07, 6.45) is 3.92. The first-order chi connectivity index (χ1) is 33.0. The number of nitrogens with zero attached hydrogens (tertiary/aromatic N) is 6. The summed E-state index contributed by atoms with van der Waals surface area (Å²) >= 11 is 3.16. The van der Waals surface area contributed by atoms with Gasteiger partial charge in [0.05, 0.1) is 55.7 Å². The third-order valence-electron chi connectivity index (χ3n) is 12.5. The average Bonchev–Trinajstić information content (AvgIpc) is 4.12. The van der Waals surface area contributed by atoms with E-state index in [1.165, 1.54) is 12.1 Å². The summed E-state index contributed by atoms with van der Waals surface area (Å²) < 4.78 is 46.4. The van der Waals surface area contributed by atoms with E-state index in [0.29, 0.717) is 63.4 Å². The summed E-state index contributed by atoms with van der Waals surface area (Å²) in [5.41, 5.74) is 3.64. The molecule has 0 radical (unpaired) electrons. The van der Waals surface area contributed by atoms with Crippen molar-refractivity contribution in [3.05, 3.63) is 88.2 Å². The third-order valence-corrected chi connectivity index (χ3v) is 13.1. The fraction of sp³-hybridized carbons (Fsp3) is 0.462. The van der Waals surface area contributed by atoms with E-state index >= 15 is 4.39 Å². The maximum Gasteiger partial charge on any atom is 0.410 e. The van der Waals surface area contributed by atoms with E-state index in [-0.39, 0.29) is 48.0 Å². The average molecular weight is 1030 g/mol. The number of aromatic amines is 3. The van der Waals surface area contributed by atoms with E-state index in [2.05, 4.69) is 35.9 Å². The molecule has 10 rings (SSSR count). The molecule has 370 valence electrons. The number of halogens is 3. The maximum absolute atomic E-state index is 15.6. The van der Waals surface area contributed by atoms with Crippen molar-refractivity contribution in [2.24, 2.45) is 0 Å². The summed E-state index contributed by atoms with van der Waals surface area (Å²) in [5.74, 6) is 1.32. The lowest BCUT2D eigenvalue weighted by atomic mass is 10.00. The van der Waals surface area contributed by atoms with E-state index in [1.807, 2.05) is 92.6 Å². The first-order valence-corrected chi connectivity index (χ1v) is 24.7. The molecule has 18 heteroatoms. The van der Waals surface area contributed by atoms with Crippen molar-refractivity contribution in [2.75, 3.05) is 19.6 Å². The SMILES string of the molecule is CC(C)(C)OC(=O)N1CCC[C@H]1c1nc2cc(-c3ccc4c(ccc5[nH]c([C@@H]6CCCN6C(=O)OC(C)(C)C)nc54)c3)c(F)cc2[nH]1.CC(C)(C)OC(=O)N1CCC[C@H]1c1nc2cc(Br)c(F)cc2[nH]1. The second kappa shape index (κ2) is 18.5. The minimum Gasteiger partial charge on any atom is -0.444 e. The molecule has 0 unspecified atom stereocenters. The molecular formula is C52H60BrF2N9O6. The maximum atomic E-state index is 15.6. The zero-order valence-electron chi connectivity index (χ0n) is 41.1. The minimum atomic E-state index is -0.597. The highest BCUT2D eigenvalue weighted by atomic mass is 79.9. The molecular weight excluding hydrogens is 965 g/mol. The van der Waals surface area contributed by atoms with Crippen molar-refractivity contribution in [3.63, 3.8) is 0 Å². The molecule has 0 bridgehead atoms. The monoisotopic (exact) mass is 1020 g/mol. The number of hydrogen-bond acceptors (Lipinski definition) is 9. The Morgan fingerprint density at radius 3 is 1.50 bits per heavy atom. The number of fused-ring (bicyclic) bond motifs is 5.